The minimum atomic E-state index is -3.28. The summed E-state index contributed by atoms with van der Waals surface area (Å²) < 4.78 is 28.2. The molecule has 1 atom stereocenters. The van der Waals surface area contributed by atoms with Crippen molar-refractivity contribution in [3.05, 3.63) is 0 Å². The molecule has 6 heteroatoms. The Hall–Kier alpha value is -0.170. The number of hydrogen-bond acceptors (Lipinski definition) is 3. The van der Waals surface area contributed by atoms with Gasteiger partial charge in [0.05, 0.1) is 0 Å². The Morgan fingerprint density at radius 3 is 2.82 bits per heavy atom. The van der Waals surface area contributed by atoms with Gasteiger partial charge in [-0.15, -0.1) is 0 Å². The predicted octanol–water partition coefficient (Wildman–Crippen LogP) is 0.682. The van der Waals surface area contributed by atoms with Gasteiger partial charge in [0.1, 0.15) is 0 Å². The number of piperidine rings is 1. The molecule has 1 unspecified atom stereocenters. The Kier molecular flexibility index (Phi) is 6.40. The van der Waals surface area contributed by atoms with E-state index >= 15 is 0 Å². The van der Waals surface area contributed by atoms with E-state index in [1.165, 1.54) is 0 Å². The summed E-state index contributed by atoms with van der Waals surface area (Å²) in [6, 6.07) is 0. The molecule has 5 nitrogen and oxygen atoms in total. The molecule has 3 N–H and O–H groups in total. The maximum Gasteiger partial charge on any atom is 0.279 e. The van der Waals surface area contributed by atoms with E-state index in [2.05, 4.69) is 11.6 Å². The van der Waals surface area contributed by atoms with Gasteiger partial charge in [-0.05, 0) is 31.7 Å². The second-order valence-electron chi connectivity index (χ2n) is 4.71. The van der Waals surface area contributed by atoms with Crippen molar-refractivity contribution in [2.24, 2.45) is 11.7 Å². The van der Waals surface area contributed by atoms with E-state index in [1.807, 2.05) is 0 Å². The quantitative estimate of drug-likeness (QED) is 0.663. The summed E-state index contributed by atoms with van der Waals surface area (Å²) in [6.45, 7) is 4.41. The van der Waals surface area contributed by atoms with Gasteiger partial charge < -0.3 is 5.73 Å². The summed E-state index contributed by atoms with van der Waals surface area (Å²) in [7, 11) is -3.28. The molecule has 1 heterocycles. The average Bonchev–Trinajstić information content (AvgIpc) is 2.35. The van der Waals surface area contributed by atoms with Crippen molar-refractivity contribution >= 4 is 10.2 Å². The summed E-state index contributed by atoms with van der Waals surface area (Å²) in [5.41, 5.74) is 5.61. The molecule has 1 aliphatic heterocycles. The molecule has 1 aliphatic rings. The predicted molar refractivity (Wildman–Crippen MR) is 69.8 cm³/mol. The Balaban J connectivity index is 2.40. The zero-order valence-corrected chi connectivity index (χ0v) is 11.5. The molecule has 0 spiro atoms. The Labute approximate surface area is 105 Å². The van der Waals surface area contributed by atoms with Crippen molar-refractivity contribution in [2.45, 2.75) is 39.0 Å². The zero-order chi connectivity index (χ0) is 12.7. The summed E-state index contributed by atoms with van der Waals surface area (Å²) in [4.78, 5) is 0. The molecule has 17 heavy (non-hydrogen) atoms. The SMILES string of the molecule is CCCCCNS(=O)(=O)N1CCCC(CN)C1. The highest BCUT2D eigenvalue weighted by Gasteiger charge is 2.27. The first-order valence-electron chi connectivity index (χ1n) is 6.55. The molecule has 1 fully saturated rings. The molecule has 0 amide bonds. The number of nitrogens with two attached hydrogens (primary N) is 1. The molecule has 102 valence electrons. The van der Waals surface area contributed by atoms with Crippen LogP contribution in [0.2, 0.25) is 0 Å². The van der Waals surface area contributed by atoms with Crippen LogP contribution in [0.4, 0.5) is 0 Å². The van der Waals surface area contributed by atoms with Crippen LogP contribution in [0.1, 0.15) is 39.0 Å². The smallest absolute Gasteiger partial charge is 0.279 e. The average molecular weight is 263 g/mol. The van der Waals surface area contributed by atoms with Gasteiger partial charge in [-0.3, -0.25) is 0 Å². The summed E-state index contributed by atoms with van der Waals surface area (Å²) in [5, 5.41) is 0. The fourth-order valence-corrected chi connectivity index (χ4v) is 3.47. The van der Waals surface area contributed by atoms with Gasteiger partial charge in [0.25, 0.3) is 10.2 Å². The third kappa shape index (κ3) is 4.91. The van der Waals surface area contributed by atoms with E-state index in [4.69, 9.17) is 5.73 Å². The maximum absolute atomic E-state index is 12.0. The van der Waals surface area contributed by atoms with Crippen LogP contribution in [-0.4, -0.2) is 38.9 Å². The lowest BCUT2D eigenvalue weighted by Gasteiger charge is -2.31. The topological polar surface area (TPSA) is 75.4 Å². The third-order valence-corrected chi connectivity index (χ3v) is 4.80. The number of nitrogens with zero attached hydrogens (tertiary/aromatic N) is 1. The molecular formula is C11H25N3O2S. The van der Waals surface area contributed by atoms with Crippen molar-refractivity contribution in [3.8, 4) is 0 Å². The Morgan fingerprint density at radius 1 is 1.41 bits per heavy atom. The fraction of sp³-hybridized carbons (Fsp3) is 1.00. The molecule has 1 saturated heterocycles. The standard InChI is InChI=1S/C11H25N3O2S/c1-2-3-4-7-13-17(15,16)14-8-5-6-11(9-12)10-14/h11,13H,2-10,12H2,1H3. The monoisotopic (exact) mass is 263 g/mol. The van der Waals surface area contributed by atoms with E-state index in [0.717, 1.165) is 32.1 Å². The van der Waals surface area contributed by atoms with Gasteiger partial charge in [0.15, 0.2) is 0 Å². The van der Waals surface area contributed by atoms with E-state index < -0.39 is 10.2 Å². The van der Waals surface area contributed by atoms with Crippen LogP contribution in [0.3, 0.4) is 0 Å². The second-order valence-corrected chi connectivity index (χ2v) is 6.46. The highest BCUT2D eigenvalue weighted by atomic mass is 32.2. The minimum Gasteiger partial charge on any atom is -0.330 e. The third-order valence-electron chi connectivity index (χ3n) is 3.22. The molecular weight excluding hydrogens is 238 g/mol. The van der Waals surface area contributed by atoms with Crippen LogP contribution in [0, 0.1) is 5.92 Å². The van der Waals surface area contributed by atoms with E-state index in [0.29, 0.717) is 32.1 Å². The van der Waals surface area contributed by atoms with Crippen molar-refractivity contribution in [3.63, 3.8) is 0 Å². The van der Waals surface area contributed by atoms with E-state index in [9.17, 15) is 8.42 Å². The molecule has 0 aromatic heterocycles. The van der Waals surface area contributed by atoms with Gasteiger partial charge in [-0.1, -0.05) is 19.8 Å². The van der Waals surface area contributed by atoms with E-state index in [-0.39, 0.29) is 0 Å². The van der Waals surface area contributed by atoms with Crippen LogP contribution in [0.5, 0.6) is 0 Å². The highest BCUT2D eigenvalue weighted by molar-refractivity contribution is 7.87. The van der Waals surface area contributed by atoms with Crippen LogP contribution in [0.25, 0.3) is 0 Å². The van der Waals surface area contributed by atoms with Crippen molar-refractivity contribution in [1.29, 1.82) is 0 Å². The number of hydrogen-bond donors (Lipinski definition) is 2. The first-order chi connectivity index (χ1) is 8.10. The molecule has 0 aliphatic carbocycles. The lowest BCUT2D eigenvalue weighted by molar-refractivity contribution is 0.268. The van der Waals surface area contributed by atoms with Crippen LogP contribution in [-0.2, 0) is 10.2 Å². The number of rotatable bonds is 7. The van der Waals surface area contributed by atoms with Crippen molar-refractivity contribution in [1.82, 2.24) is 9.03 Å². The largest absolute Gasteiger partial charge is 0.330 e. The molecule has 0 aromatic carbocycles. The first-order valence-corrected chi connectivity index (χ1v) is 7.99. The summed E-state index contributed by atoms with van der Waals surface area (Å²) in [5.74, 6) is 0.316. The number of unbranched alkanes of at least 4 members (excludes halogenated alkanes) is 2. The van der Waals surface area contributed by atoms with Crippen LogP contribution < -0.4 is 10.5 Å². The first kappa shape index (κ1) is 14.9. The van der Waals surface area contributed by atoms with Crippen LogP contribution >= 0.6 is 0 Å². The summed E-state index contributed by atoms with van der Waals surface area (Å²) >= 11 is 0. The van der Waals surface area contributed by atoms with Gasteiger partial charge in [-0.25, -0.2) is 4.72 Å². The lowest BCUT2D eigenvalue weighted by Crippen LogP contribution is -2.47. The molecule has 1 rings (SSSR count). The normalized spacial score (nSPS) is 22.8. The zero-order valence-electron chi connectivity index (χ0n) is 10.7. The minimum absolute atomic E-state index is 0.316. The lowest BCUT2D eigenvalue weighted by atomic mass is 10.0. The number of nitrogens with one attached hydrogen (secondary N) is 1. The summed E-state index contributed by atoms with van der Waals surface area (Å²) in [6.07, 6.45) is 5.02. The van der Waals surface area contributed by atoms with Gasteiger partial charge in [-0.2, -0.15) is 12.7 Å². The van der Waals surface area contributed by atoms with Crippen molar-refractivity contribution in [2.75, 3.05) is 26.2 Å². The second kappa shape index (κ2) is 7.31. The van der Waals surface area contributed by atoms with E-state index in [1.54, 1.807) is 4.31 Å². The highest BCUT2D eigenvalue weighted by Crippen LogP contribution is 2.17. The maximum atomic E-state index is 12.0. The van der Waals surface area contributed by atoms with Gasteiger partial charge >= 0.3 is 0 Å². The molecule has 0 radical (unpaired) electrons. The Morgan fingerprint density at radius 2 is 2.18 bits per heavy atom. The van der Waals surface area contributed by atoms with Gasteiger partial charge in [0.2, 0.25) is 0 Å². The Bertz CT molecular complexity index is 306. The van der Waals surface area contributed by atoms with Crippen LogP contribution in [0.15, 0.2) is 0 Å². The molecule has 0 saturated carbocycles. The molecule has 0 bridgehead atoms. The molecule has 0 aromatic rings. The fourth-order valence-electron chi connectivity index (χ4n) is 2.10. The van der Waals surface area contributed by atoms with Gasteiger partial charge in [0, 0.05) is 19.6 Å². The van der Waals surface area contributed by atoms with Crippen molar-refractivity contribution < 1.29 is 8.42 Å².